The molecule has 0 aliphatic rings. The molecule has 0 heterocycles. The van der Waals surface area contributed by atoms with E-state index < -0.39 is 5.41 Å². The van der Waals surface area contributed by atoms with Gasteiger partial charge in [-0.1, -0.05) is 37.3 Å². The van der Waals surface area contributed by atoms with Gasteiger partial charge in [-0.15, -0.1) is 0 Å². The minimum Gasteiger partial charge on any atom is -0.354 e. The molecule has 1 N–H and O–H groups in total. The molecule has 0 fully saturated rings. The summed E-state index contributed by atoms with van der Waals surface area (Å²) in [5.41, 5.74) is 0.277. The highest BCUT2D eigenvalue weighted by Crippen LogP contribution is 2.19. The monoisotopic (exact) mass is 230 g/mol. The van der Waals surface area contributed by atoms with Gasteiger partial charge in [0, 0.05) is 6.54 Å². The van der Waals surface area contributed by atoms with Gasteiger partial charge in [-0.2, -0.15) is 5.26 Å². The highest BCUT2D eigenvalue weighted by molar-refractivity contribution is 5.84. The number of hydrogen-bond acceptors (Lipinski definition) is 2. The van der Waals surface area contributed by atoms with Gasteiger partial charge in [0.2, 0.25) is 5.91 Å². The first-order valence-corrected chi connectivity index (χ1v) is 5.86. The Morgan fingerprint density at radius 3 is 2.59 bits per heavy atom. The van der Waals surface area contributed by atoms with Crippen molar-refractivity contribution in [3.05, 3.63) is 35.9 Å². The SMILES string of the molecule is CCC(C)(C#N)C(=O)NCCc1ccccc1. The van der Waals surface area contributed by atoms with E-state index >= 15 is 0 Å². The van der Waals surface area contributed by atoms with Gasteiger partial charge in [0.25, 0.3) is 0 Å². The highest BCUT2D eigenvalue weighted by atomic mass is 16.2. The Balaban J connectivity index is 2.42. The van der Waals surface area contributed by atoms with Crippen molar-refractivity contribution in [3.8, 4) is 6.07 Å². The molecule has 1 atom stereocenters. The van der Waals surface area contributed by atoms with Gasteiger partial charge >= 0.3 is 0 Å². The number of carbonyl (C=O) groups excluding carboxylic acids is 1. The lowest BCUT2D eigenvalue weighted by molar-refractivity contribution is -0.127. The van der Waals surface area contributed by atoms with Crippen LogP contribution in [-0.4, -0.2) is 12.5 Å². The van der Waals surface area contributed by atoms with E-state index in [1.807, 2.05) is 37.3 Å². The first-order valence-electron chi connectivity index (χ1n) is 5.86. The topological polar surface area (TPSA) is 52.9 Å². The van der Waals surface area contributed by atoms with Crippen LogP contribution in [0.3, 0.4) is 0 Å². The Hall–Kier alpha value is -1.82. The summed E-state index contributed by atoms with van der Waals surface area (Å²) in [6.45, 7) is 4.09. The Bertz CT molecular complexity index is 408. The van der Waals surface area contributed by atoms with Crippen molar-refractivity contribution in [3.63, 3.8) is 0 Å². The van der Waals surface area contributed by atoms with Crippen LogP contribution in [0, 0.1) is 16.7 Å². The predicted molar refractivity (Wildman–Crippen MR) is 67.2 cm³/mol. The largest absolute Gasteiger partial charge is 0.354 e. The number of nitriles is 1. The maximum absolute atomic E-state index is 11.8. The van der Waals surface area contributed by atoms with E-state index in [1.165, 1.54) is 5.56 Å². The third kappa shape index (κ3) is 3.60. The van der Waals surface area contributed by atoms with Gasteiger partial charge < -0.3 is 5.32 Å². The van der Waals surface area contributed by atoms with Crippen molar-refractivity contribution in [2.75, 3.05) is 6.54 Å². The Morgan fingerprint density at radius 2 is 2.06 bits per heavy atom. The van der Waals surface area contributed by atoms with Gasteiger partial charge in [0.05, 0.1) is 6.07 Å². The molecule has 1 aromatic carbocycles. The van der Waals surface area contributed by atoms with E-state index in [0.717, 1.165) is 6.42 Å². The summed E-state index contributed by atoms with van der Waals surface area (Å²) in [5.74, 6) is -0.182. The standard InChI is InChI=1S/C14H18N2O/c1-3-14(2,11-15)13(17)16-10-9-12-7-5-4-6-8-12/h4-8H,3,9-10H2,1-2H3,(H,16,17). The smallest absolute Gasteiger partial charge is 0.240 e. The number of benzene rings is 1. The zero-order chi connectivity index (χ0) is 12.7. The maximum atomic E-state index is 11.8. The van der Waals surface area contributed by atoms with Crippen molar-refractivity contribution in [2.24, 2.45) is 5.41 Å². The second-order valence-electron chi connectivity index (χ2n) is 4.29. The second-order valence-corrected chi connectivity index (χ2v) is 4.29. The van der Waals surface area contributed by atoms with E-state index in [2.05, 4.69) is 11.4 Å². The van der Waals surface area contributed by atoms with Crippen molar-refractivity contribution >= 4 is 5.91 Å². The summed E-state index contributed by atoms with van der Waals surface area (Å²) in [4.78, 5) is 11.8. The third-order valence-electron chi connectivity index (χ3n) is 3.00. The van der Waals surface area contributed by atoms with Gasteiger partial charge in [-0.25, -0.2) is 0 Å². The van der Waals surface area contributed by atoms with Crippen LogP contribution in [0.1, 0.15) is 25.8 Å². The molecule has 1 unspecified atom stereocenters. The molecular weight excluding hydrogens is 212 g/mol. The minimum atomic E-state index is -0.906. The molecule has 17 heavy (non-hydrogen) atoms. The number of carbonyl (C=O) groups is 1. The fraction of sp³-hybridized carbons (Fsp3) is 0.429. The lowest BCUT2D eigenvalue weighted by atomic mass is 9.88. The average Bonchev–Trinajstić information content (AvgIpc) is 2.39. The van der Waals surface area contributed by atoms with Crippen molar-refractivity contribution < 1.29 is 4.79 Å². The Kier molecular flexibility index (Phi) is 4.71. The summed E-state index contributed by atoms with van der Waals surface area (Å²) < 4.78 is 0. The van der Waals surface area contributed by atoms with Crippen LogP contribution < -0.4 is 5.32 Å². The van der Waals surface area contributed by atoms with Crippen LogP contribution in [0.25, 0.3) is 0 Å². The summed E-state index contributed by atoms with van der Waals surface area (Å²) in [6, 6.07) is 12.0. The number of hydrogen-bond donors (Lipinski definition) is 1. The molecule has 3 nitrogen and oxygen atoms in total. The molecule has 0 radical (unpaired) electrons. The van der Waals surface area contributed by atoms with E-state index in [4.69, 9.17) is 5.26 Å². The maximum Gasteiger partial charge on any atom is 0.240 e. The number of rotatable bonds is 5. The fourth-order valence-corrected chi connectivity index (χ4v) is 1.45. The van der Waals surface area contributed by atoms with Crippen molar-refractivity contribution in [1.29, 1.82) is 5.26 Å². The van der Waals surface area contributed by atoms with E-state index in [-0.39, 0.29) is 5.91 Å². The Morgan fingerprint density at radius 1 is 1.41 bits per heavy atom. The molecule has 0 aromatic heterocycles. The second kappa shape index (κ2) is 6.05. The minimum absolute atomic E-state index is 0.182. The quantitative estimate of drug-likeness (QED) is 0.843. The van der Waals surface area contributed by atoms with Crippen LogP contribution in [0.4, 0.5) is 0 Å². The number of nitrogens with zero attached hydrogens (tertiary/aromatic N) is 1. The molecule has 3 heteroatoms. The van der Waals surface area contributed by atoms with E-state index in [0.29, 0.717) is 13.0 Å². The molecule has 0 saturated heterocycles. The van der Waals surface area contributed by atoms with Gasteiger partial charge in [-0.3, -0.25) is 4.79 Å². The Labute approximate surface area is 102 Å². The van der Waals surface area contributed by atoms with Crippen LogP contribution in [0.15, 0.2) is 30.3 Å². The molecule has 1 amide bonds. The first kappa shape index (κ1) is 13.2. The number of amides is 1. The molecule has 90 valence electrons. The molecule has 0 bridgehead atoms. The highest BCUT2D eigenvalue weighted by Gasteiger charge is 2.30. The summed E-state index contributed by atoms with van der Waals surface area (Å²) in [7, 11) is 0. The van der Waals surface area contributed by atoms with Gasteiger partial charge in [-0.05, 0) is 25.3 Å². The zero-order valence-corrected chi connectivity index (χ0v) is 10.4. The average molecular weight is 230 g/mol. The molecule has 0 spiro atoms. The first-order chi connectivity index (χ1) is 8.12. The third-order valence-corrected chi connectivity index (χ3v) is 3.00. The molecular formula is C14H18N2O. The van der Waals surface area contributed by atoms with Gasteiger partial charge in [0.15, 0.2) is 0 Å². The normalized spacial score (nSPS) is 13.5. The predicted octanol–water partition coefficient (Wildman–Crippen LogP) is 2.29. The summed E-state index contributed by atoms with van der Waals surface area (Å²) >= 11 is 0. The molecule has 0 aliphatic heterocycles. The van der Waals surface area contributed by atoms with Crippen LogP contribution in [0.5, 0.6) is 0 Å². The molecule has 0 aliphatic carbocycles. The van der Waals surface area contributed by atoms with Gasteiger partial charge in [0.1, 0.15) is 5.41 Å². The summed E-state index contributed by atoms with van der Waals surface area (Å²) in [5, 5.41) is 11.8. The van der Waals surface area contributed by atoms with E-state index in [1.54, 1.807) is 6.92 Å². The number of nitrogens with one attached hydrogen (secondary N) is 1. The fourth-order valence-electron chi connectivity index (χ4n) is 1.45. The van der Waals surface area contributed by atoms with Crippen LogP contribution >= 0.6 is 0 Å². The van der Waals surface area contributed by atoms with Crippen LogP contribution in [0.2, 0.25) is 0 Å². The molecule has 0 saturated carbocycles. The zero-order valence-electron chi connectivity index (χ0n) is 10.4. The lowest BCUT2D eigenvalue weighted by Gasteiger charge is -2.18. The van der Waals surface area contributed by atoms with E-state index in [9.17, 15) is 4.79 Å². The lowest BCUT2D eigenvalue weighted by Crippen LogP contribution is -2.38. The molecule has 1 aromatic rings. The molecule has 1 rings (SSSR count). The summed E-state index contributed by atoms with van der Waals surface area (Å²) in [6.07, 6.45) is 1.32. The van der Waals surface area contributed by atoms with Crippen molar-refractivity contribution in [2.45, 2.75) is 26.7 Å². The van der Waals surface area contributed by atoms with Crippen molar-refractivity contribution in [1.82, 2.24) is 5.32 Å². The van der Waals surface area contributed by atoms with Crippen LogP contribution in [-0.2, 0) is 11.2 Å².